The Bertz CT molecular complexity index is 357. The van der Waals surface area contributed by atoms with Gasteiger partial charge in [-0.05, 0) is 35.5 Å². The molecule has 6 rings (SSSR count). The predicted octanol–water partition coefficient (Wildman–Crippen LogP) is 0.800. The molecule has 0 bridgehead atoms. The minimum atomic E-state index is -0.602. The second-order valence-electron chi connectivity index (χ2n) is 5.20. The van der Waals surface area contributed by atoms with Gasteiger partial charge < -0.3 is 5.11 Å². The number of hydrogen-bond acceptors (Lipinski definition) is 1. The first-order valence-electron chi connectivity index (χ1n) is 4.60. The fraction of sp³-hybridized carbons (Fsp3) is 0.889. The van der Waals surface area contributed by atoms with Crippen LogP contribution in [0, 0.1) is 40.9 Å². The van der Waals surface area contributed by atoms with Crippen molar-refractivity contribution in [2.24, 2.45) is 40.9 Å². The fourth-order valence-corrected chi connectivity index (χ4v) is 6.75. The van der Waals surface area contributed by atoms with Gasteiger partial charge in [-0.25, -0.2) is 0 Å². The molecule has 6 aliphatic carbocycles. The van der Waals surface area contributed by atoms with E-state index in [9.17, 15) is 4.79 Å². The predicted molar refractivity (Wildman–Crippen MR) is 39.6 cm³/mol. The lowest BCUT2D eigenvalue weighted by molar-refractivity contribution is -0.581. The average Bonchev–Trinajstić information content (AvgIpc) is 2.03. The summed E-state index contributed by atoms with van der Waals surface area (Å²) in [7, 11) is 0. The summed E-state index contributed by atoms with van der Waals surface area (Å²) in [5, 5.41) is 9.15. The molecule has 0 aromatic rings. The number of rotatable bonds is 1. The molecule has 0 aliphatic heterocycles. The second kappa shape index (κ2) is 0.955. The smallest absolute Gasteiger partial charge is 0.312 e. The summed E-state index contributed by atoms with van der Waals surface area (Å²) in [4.78, 5) is 10.9. The van der Waals surface area contributed by atoms with Crippen LogP contribution >= 0.6 is 11.6 Å². The van der Waals surface area contributed by atoms with Crippen LogP contribution in [0.3, 0.4) is 0 Å². The molecule has 3 heteroatoms. The Morgan fingerprint density at radius 1 is 1.17 bits per heavy atom. The molecule has 62 valence electrons. The van der Waals surface area contributed by atoms with Crippen LogP contribution in [-0.4, -0.2) is 16.0 Å². The number of halogens is 1. The van der Waals surface area contributed by atoms with Crippen molar-refractivity contribution in [3.63, 3.8) is 0 Å². The number of aliphatic carboxylic acids is 1. The molecular weight excluding hydrogens is 176 g/mol. The average molecular weight is 183 g/mol. The van der Waals surface area contributed by atoms with Crippen molar-refractivity contribution in [3.8, 4) is 0 Å². The van der Waals surface area contributed by atoms with E-state index in [-0.39, 0.29) is 4.87 Å². The van der Waals surface area contributed by atoms with E-state index in [2.05, 4.69) is 0 Å². The lowest BCUT2D eigenvalue weighted by Crippen LogP contribution is -3.13. The largest absolute Gasteiger partial charge is 0.481 e. The first-order valence-corrected chi connectivity index (χ1v) is 4.98. The minimum Gasteiger partial charge on any atom is -0.481 e. The molecule has 0 amide bonds. The zero-order chi connectivity index (χ0) is 8.04. The molecule has 0 aromatic heterocycles. The topological polar surface area (TPSA) is 37.3 Å². The van der Waals surface area contributed by atoms with E-state index < -0.39 is 11.4 Å². The van der Waals surface area contributed by atoms with Gasteiger partial charge in [0.05, 0.1) is 10.3 Å². The molecule has 2 nitrogen and oxygen atoms in total. The summed E-state index contributed by atoms with van der Waals surface area (Å²) in [6, 6.07) is 0. The van der Waals surface area contributed by atoms with Crippen LogP contribution in [0.1, 0.15) is 0 Å². The van der Waals surface area contributed by atoms with E-state index in [1.807, 2.05) is 0 Å². The zero-order valence-electron chi connectivity index (χ0n) is 6.20. The molecule has 0 heterocycles. The standard InChI is InChI=1S/C9H7ClO2/c10-9-5-2-1-3(5)8(9,7(11)12)4(1)6(2)9/h1-6H,(H,11,12)/t1?,2?,3-,4+,5+,6-,8?,9?. The molecule has 8 atom stereocenters. The Hall–Kier alpha value is -0.240. The Kier molecular flexibility index (Phi) is 0.436. The van der Waals surface area contributed by atoms with Crippen molar-refractivity contribution in [3.05, 3.63) is 0 Å². The highest BCUT2D eigenvalue weighted by molar-refractivity contribution is 6.31. The highest BCUT2D eigenvalue weighted by Crippen LogP contribution is 3.08. The summed E-state index contributed by atoms with van der Waals surface area (Å²) in [6.07, 6.45) is 0. The van der Waals surface area contributed by atoms with Crippen LogP contribution in [0.25, 0.3) is 0 Å². The van der Waals surface area contributed by atoms with Gasteiger partial charge in [0.25, 0.3) is 0 Å². The van der Waals surface area contributed by atoms with Gasteiger partial charge in [-0.2, -0.15) is 0 Å². The number of hydrogen-bond donors (Lipinski definition) is 1. The molecule has 12 heavy (non-hydrogen) atoms. The maximum absolute atomic E-state index is 11.1. The van der Waals surface area contributed by atoms with Crippen molar-refractivity contribution in [2.45, 2.75) is 4.87 Å². The van der Waals surface area contributed by atoms with Crippen molar-refractivity contribution in [1.82, 2.24) is 0 Å². The zero-order valence-corrected chi connectivity index (χ0v) is 6.95. The summed E-state index contributed by atoms with van der Waals surface area (Å²) in [6.45, 7) is 0. The lowest BCUT2D eigenvalue weighted by Gasteiger charge is -3.08. The Balaban J connectivity index is 1.80. The first-order chi connectivity index (χ1) is 5.68. The van der Waals surface area contributed by atoms with E-state index >= 15 is 0 Å². The minimum absolute atomic E-state index is 0.242. The fourth-order valence-electron chi connectivity index (χ4n) is 5.85. The number of alkyl halides is 1. The van der Waals surface area contributed by atoms with Crippen LogP contribution < -0.4 is 0 Å². The maximum atomic E-state index is 11.1. The van der Waals surface area contributed by atoms with Crippen LogP contribution in [0.5, 0.6) is 0 Å². The van der Waals surface area contributed by atoms with Gasteiger partial charge in [0, 0.05) is 0 Å². The number of carboxylic acids is 1. The molecule has 4 unspecified atom stereocenters. The summed E-state index contributed by atoms with van der Waals surface area (Å²) in [5.74, 6) is 3.33. The molecule has 0 aromatic carbocycles. The third-order valence-electron chi connectivity index (χ3n) is 5.89. The van der Waals surface area contributed by atoms with Crippen LogP contribution in [0.15, 0.2) is 0 Å². The van der Waals surface area contributed by atoms with Crippen LogP contribution in [0.4, 0.5) is 0 Å². The SMILES string of the molecule is O=C(O)C12[C@@H]3C4C5[C@H]([C@H]41)C2(Cl)[C@@H]53. The molecule has 0 saturated heterocycles. The number of carbonyl (C=O) groups is 1. The highest BCUT2D eigenvalue weighted by atomic mass is 35.5. The number of carboxylic acid groups (broad SMARTS) is 1. The van der Waals surface area contributed by atoms with Crippen LogP contribution in [-0.2, 0) is 4.79 Å². The van der Waals surface area contributed by atoms with Crippen molar-refractivity contribution < 1.29 is 9.90 Å². The van der Waals surface area contributed by atoms with E-state index in [1.54, 1.807) is 0 Å². The molecule has 1 N–H and O–H groups in total. The Morgan fingerprint density at radius 3 is 2.00 bits per heavy atom. The highest BCUT2D eigenvalue weighted by Gasteiger charge is 3.12. The van der Waals surface area contributed by atoms with Gasteiger partial charge in [0.2, 0.25) is 0 Å². The van der Waals surface area contributed by atoms with Gasteiger partial charge in [-0.1, -0.05) is 0 Å². The van der Waals surface area contributed by atoms with E-state index in [4.69, 9.17) is 16.7 Å². The Labute approximate surface area is 73.9 Å². The summed E-state index contributed by atoms with van der Waals surface area (Å²) < 4.78 is 0. The maximum Gasteiger partial charge on any atom is 0.312 e. The van der Waals surface area contributed by atoms with E-state index in [0.717, 1.165) is 11.8 Å². The Morgan fingerprint density at radius 2 is 1.67 bits per heavy atom. The van der Waals surface area contributed by atoms with Gasteiger partial charge >= 0.3 is 5.97 Å². The normalized spacial score (nSPS) is 88.1. The summed E-state index contributed by atoms with van der Waals surface area (Å²) >= 11 is 6.36. The summed E-state index contributed by atoms with van der Waals surface area (Å²) in [5.41, 5.74) is -0.413. The van der Waals surface area contributed by atoms with Gasteiger partial charge in [-0.3, -0.25) is 4.79 Å². The van der Waals surface area contributed by atoms with Crippen molar-refractivity contribution in [2.75, 3.05) is 0 Å². The molecule has 6 saturated carbocycles. The van der Waals surface area contributed by atoms with Gasteiger partial charge in [-0.15, -0.1) is 11.6 Å². The molecular formula is C9H7ClO2. The quantitative estimate of drug-likeness (QED) is 0.610. The lowest BCUT2D eigenvalue weighted by atomic mass is 8.96. The first kappa shape index (κ1) is 5.48. The third kappa shape index (κ3) is 0.168. The second-order valence-corrected chi connectivity index (χ2v) is 5.83. The van der Waals surface area contributed by atoms with Crippen LogP contribution in [0.2, 0.25) is 0 Å². The molecule has 6 aliphatic rings. The van der Waals surface area contributed by atoms with E-state index in [0.29, 0.717) is 23.7 Å². The van der Waals surface area contributed by atoms with Crippen molar-refractivity contribution >= 4 is 17.6 Å². The molecule has 6 fully saturated rings. The van der Waals surface area contributed by atoms with E-state index in [1.165, 1.54) is 0 Å². The third-order valence-corrected chi connectivity index (χ3v) is 6.70. The molecule has 0 radical (unpaired) electrons. The van der Waals surface area contributed by atoms with Gasteiger partial charge in [0.15, 0.2) is 0 Å². The van der Waals surface area contributed by atoms with Gasteiger partial charge in [0.1, 0.15) is 0 Å². The monoisotopic (exact) mass is 182 g/mol. The van der Waals surface area contributed by atoms with Crippen molar-refractivity contribution in [1.29, 1.82) is 0 Å². The molecule has 0 spiro atoms.